The second-order valence-corrected chi connectivity index (χ2v) is 6.87. The Labute approximate surface area is 163 Å². The van der Waals surface area contributed by atoms with Gasteiger partial charge in [0, 0.05) is 58.0 Å². The molecule has 0 aliphatic carbocycles. The van der Waals surface area contributed by atoms with Crippen molar-refractivity contribution in [3.8, 4) is 5.88 Å². The molecule has 7 nitrogen and oxygen atoms in total. The Morgan fingerprint density at radius 3 is 2.50 bits per heavy atom. The summed E-state index contributed by atoms with van der Waals surface area (Å²) < 4.78 is 21.1. The van der Waals surface area contributed by atoms with E-state index in [0.717, 1.165) is 37.6 Å². The molecule has 3 aromatic rings. The fraction of sp³-hybridized carbons (Fsp3) is 0.350. The summed E-state index contributed by atoms with van der Waals surface area (Å²) in [5.74, 6) is 1.93. The molecule has 0 unspecified atom stereocenters. The van der Waals surface area contributed by atoms with E-state index in [4.69, 9.17) is 4.74 Å². The molecule has 1 aliphatic rings. The topological polar surface area (TPSA) is 59.3 Å². The van der Waals surface area contributed by atoms with Crippen LogP contribution in [-0.4, -0.2) is 46.0 Å². The second kappa shape index (κ2) is 7.84. The lowest BCUT2D eigenvalue weighted by Gasteiger charge is -2.32. The van der Waals surface area contributed by atoms with E-state index in [9.17, 15) is 4.39 Å². The summed E-state index contributed by atoms with van der Waals surface area (Å²) in [6.07, 6.45) is 3.68. The largest absolute Gasteiger partial charge is 0.474 e. The molecule has 8 heteroatoms. The van der Waals surface area contributed by atoms with Crippen LogP contribution in [0.5, 0.6) is 5.88 Å². The highest BCUT2D eigenvalue weighted by atomic mass is 19.1. The average molecular weight is 382 g/mol. The molecule has 1 aromatic carbocycles. The molecule has 1 aliphatic heterocycles. The Hall–Kier alpha value is -3.16. The Morgan fingerprint density at radius 1 is 1.07 bits per heavy atom. The van der Waals surface area contributed by atoms with Crippen molar-refractivity contribution in [2.45, 2.75) is 18.9 Å². The number of benzene rings is 1. The molecule has 0 atom stereocenters. The number of hydrogen-bond acceptors (Lipinski definition) is 6. The summed E-state index contributed by atoms with van der Waals surface area (Å²) in [5.41, 5.74) is 0.853. The maximum atomic E-state index is 13.2. The van der Waals surface area contributed by atoms with Crippen LogP contribution in [-0.2, 0) is 7.05 Å². The molecule has 146 valence electrons. The lowest BCUT2D eigenvalue weighted by Crippen LogP contribution is -2.39. The van der Waals surface area contributed by atoms with Gasteiger partial charge in [0.1, 0.15) is 11.9 Å². The van der Waals surface area contributed by atoms with Crippen molar-refractivity contribution in [3.05, 3.63) is 54.5 Å². The van der Waals surface area contributed by atoms with E-state index in [0.29, 0.717) is 11.8 Å². The molecular weight excluding hydrogens is 359 g/mol. The van der Waals surface area contributed by atoms with Crippen molar-refractivity contribution < 1.29 is 9.13 Å². The van der Waals surface area contributed by atoms with E-state index in [1.54, 1.807) is 18.3 Å². The SMILES string of the molecule is CN(c1ccc(F)cc1)c1nnc(N2CCC(Oc3ccccn3)CC2)n1C. The molecular formula is C20H23FN6O. The van der Waals surface area contributed by atoms with E-state index < -0.39 is 0 Å². The zero-order chi connectivity index (χ0) is 19.5. The highest BCUT2D eigenvalue weighted by Crippen LogP contribution is 2.26. The van der Waals surface area contributed by atoms with Crippen LogP contribution < -0.4 is 14.5 Å². The monoisotopic (exact) mass is 382 g/mol. The lowest BCUT2D eigenvalue weighted by atomic mass is 10.1. The molecule has 0 spiro atoms. The number of aromatic nitrogens is 4. The highest BCUT2D eigenvalue weighted by molar-refractivity contribution is 5.57. The first-order valence-electron chi connectivity index (χ1n) is 9.33. The van der Waals surface area contributed by atoms with Crippen LogP contribution in [0.15, 0.2) is 48.7 Å². The van der Waals surface area contributed by atoms with Gasteiger partial charge in [0.25, 0.3) is 0 Å². The number of ether oxygens (including phenoxy) is 1. The Balaban J connectivity index is 1.41. The quantitative estimate of drug-likeness (QED) is 0.676. The number of anilines is 3. The van der Waals surface area contributed by atoms with E-state index >= 15 is 0 Å². The number of nitrogens with zero attached hydrogens (tertiary/aromatic N) is 6. The average Bonchev–Trinajstić information content (AvgIpc) is 3.11. The maximum Gasteiger partial charge on any atom is 0.232 e. The normalized spacial score (nSPS) is 14.9. The molecule has 0 bridgehead atoms. The van der Waals surface area contributed by atoms with Gasteiger partial charge in [-0.05, 0) is 30.3 Å². The Bertz CT molecular complexity index is 906. The first-order chi connectivity index (χ1) is 13.6. The summed E-state index contributed by atoms with van der Waals surface area (Å²) in [5, 5.41) is 8.72. The molecule has 1 fully saturated rings. The van der Waals surface area contributed by atoms with Crippen molar-refractivity contribution >= 4 is 17.6 Å². The number of hydrogen-bond donors (Lipinski definition) is 0. The first-order valence-corrected chi connectivity index (χ1v) is 9.33. The third kappa shape index (κ3) is 3.76. The van der Waals surface area contributed by atoms with Gasteiger partial charge in [-0.1, -0.05) is 6.07 Å². The molecule has 2 aromatic heterocycles. The fourth-order valence-electron chi connectivity index (χ4n) is 3.42. The summed E-state index contributed by atoms with van der Waals surface area (Å²) in [6, 6.07) is 12.0. The maximum absolute atomic E-state index is 13.2. The molecule has 1 saturated heterocycles. The van der Waals surface area contributed by atoms with Crippen LogP contribution >= 0.6 is 0 Å². The van der Waals surface area contributed by atoms with Crippen molar-refractivity contribution in [1.29, 1.82) is 0 Å². The van der Waals surface area contributed by atoms with Crippen molar-refractivity contribution in [2.24, 2.45) is 7.05 Å². The first kappa shape index (κ1) is 18.2. The van der Waals surface area contributed by atoms with E-state index in [1.807, 2.05) is 41.8 Å². The molecule has 4 rings (SSSR count). The summed E-state index contributed by atoms with van der Waals surface area (Å²) >= 11 is 0. The van der Waals surface area contributed by atoms with Gasteiger partial charge in [-0.15, -0.1) is 10.2 Å². The number of rotatable bonds is 5. The van der Waals surface area contributed by atoms with Gasteiger partial charge in [-0.3, -0.25) is 4.57 Å². The predicted molar refractivity (Wildman–Crippen MR) is 106 cm³/mol. The van der Waals surface area contributed by atoms with Gasteiger partial charge >= 0.3 is 0 Å². The second-order valence-electron chi connectivity index (χ2n) is 6.87. The minimum Gasteiger partial charge on any atom is -0.474 e. The Kier molecular flexibility index (Phi) is 5.10. The standard InChI is InChI=1S/C20H23FN6O/c1-25(16-8-6-15(21)7-9-16)19-23-24-20(26(19)2)27-13-10-17(11-14-27)28-18-5-3-4-12-22-18/h3-9,12,17H,10-11,13-14H2,1-2H3. The molecule has 0 amide bonds. The Morgan fingerprint density at radius 2 is 1.82 bits per heavy atom. The van der Waals surface area contributed by atoms with Gasteiger partial charge in [0.05, 0.1) is 0 Å². The predicted octanol–water partition coefficient (Wildman–Crippen LogP) is 3.16. The van der Waals surface area contributed by atoms with Crippen molar-refractivity contribution in [3.63, 3.8) is 0 Å². The number of halogens is 1. The van der Waals surface area contributed by atoms with Crippen LogP contribution in [0.25, 0.3) is 0 Å². The van der Waals surface area contributed by atoms with Crippen molar-refractivity contribution in [2.75, 3.05) is 29.9 Å². The lowest BCUT2D eigenvalue weighted by molar-refractivity contribution is 0.163. The minimum absolute atomic E-state index is 0.153. The third-order valence-corrected chi connectivity index (χ3v) is 4.99. The molecule has 0 saturated carbocycles. The van der Waals surface area contributed by atoms with Gasteiger partial charge in [-0.25, -0.2) is 9.37 Å². The van der Waals surface area contributed by atoms with Crippen LogP contribution in [0.2, 0.25) is 0 Å². The molecule has 0 radical (unpaired) electrons. The minimum atomic E-state index is -0.258. The van der Waals surface area contributed by atoms with E-state index in [-0.39, 0.29) is 11.9 Å². The highest BCUT2D eigenvalue weighted by Gasteiger charge is 2.25. The summed E-state index contributed by atoms with van der Waals surface area (Å²) in [7, 11) is 3.84. The molecule has 28 heavy (non-hydrogen) atoms. The van der Waals surface area contributed by atoms with Gasteiger partial charge in [0.2, 0.25) is 17.8 Å². The van der Waals surface area contributed by atoms with Gasteiger partial charge in [0.15, 0.2) is 0 Å². The van der Waals surface area contributed by atoms with Crippen LogP contribution in [0, 0.1) is 5.82 Å². The summed E-state index contributed by atoms with van der Waals surface area (Å²) in [4.78, 5) is 8.34. The van der Waals surface area contributed by atoms with E-state index in [2.05, 4.69) is 20.1 Å². The zero-order valence-electron chi connectivity index (χ0n) is 16.0. The van der Waals surface area contributed by atoms with Gasteiger partial charge < -0.3 is 14.5 Å². The number of pyridine rings is 1. The molecule has 3 heterocycles. The van der Waals surface area contributed by atoms with Crippen LogP contribution in [0.3, 0.4) is 0 Å². The van der Waals surface area contributed by atoms with Crippen molar-refractivity contribution in [1.82, 2.24) is 19.7 Å². The van der Waals surface area contributed by atoms with Gasteiger partial charge in [-0.2, -0.15) is 0 Å². The molecule has 0 N–H and O–H groups in total. The van der Waals surface area contributed by atoms with E-state index in [1.165, 1.54) is 12.1 Å². The fourth-order valence-corrected chi connectivity index (χ4v) is 3.42. The van der Waals surface area contributed by atoms with Crippen LogP contribution in [0.4, 0.5) is 22.0 Å². The van der Waals surface area contributed by atoms with Crippen LogP contribution in [0.1, 0.15) is 12.8 Å². The third-order valence-electron chi connectivity index (χ3n) is 4.99. The smallest absolute Gasteiger partial charge is 0.232 e. The summed E-state index contributed by atoms with van der Waals surface area (Å²) in [6.45, 7) is 1.67. The number of piperidine rings is 1. The zero-order valence-corrected chi connectivity index (χ0v) is 16.0.